The minimum Gasteiger partial charge on any atom is -0.468 e. The molecule has 0 aliphatic rings. The first kappa shape index (κ1) is 26.4. The van der Waals surface area contributed by atoms with Crippen molar-refractivity contribution in [3.63, 3.8) is 0 Å². The maximum absolute atomic E-state index is 14.5. The third-order valence-corrected chi connectivity index (χ3v) is 8.64. The Balaban J connectivity index is 1.64. The monoisotopic (exact) mass is 541 g/mol. The third kappa shape index (κ3) is 5.68. The fourth-order valence-electron chi connectivity index (χ4n) is 3.74. The van der Waals surface area contributed by atoms with Crippen molar-refractivity contribution in [2.75, 3.05) is 13.7 Å². The van der Waals surface area contributed by atoms with Gasteiger partial charge in [0.15, 0.2) is 4.80 Å². The molecule has 4 rings (SSSR count). The Labute approximate surface area is 217 Å². The molecule has 0 N–H and O–H groups in total. The summed E-state index contributed by atoms with van der Waals surface area (Å²) in [5, 5.41) is 0. The molecule has 1 amide bonds. The number of rotatable bonds is 8. The van der Waals surface area contributed by atoms with E-state index >= 15 is 0 Å². The summed E-state index contributed by atoms with van der Waals surface area (Å²) >= 11 is 1.05. The molecule has 0 radical (unpaired) electrons. The van der Waals surface area contributed by atoms with Gasteiger partial charge < -0.3 is 9.30 Å². The first-order valence-corrected chi connectivity index (χ1v) is 13.6. The number of nitrogens with zero attached hydrogens (tertiary/aromatic N) is 3. The van der Waals surface area contributed by atoms with Crippen LogP contribution in [-0.2, 0) is 32.6 Å². The van der Waals surface area contributed by atoms with Crippen LogP contribution in [0.25, 0.3) is 10.2 Å². The van der Waals surface area contributed by atoms with Crippen molar-refractivity contribution in [1.29, 1.82) is 0 Å². The maximum atomic E-state index is 14.5. The quantitative estimate of drug-likeness (QED) is 0.315. The minimum atomic E-state index is -3.80. The second kappa shape index (κ2) is 11.2. The molecular weight excluding hydrogens is 517 g/mol. The number of esters is 1. The fraction of sp³-hybridized carbons (Fsp3) is 0.192. The van der Waals surface area contributed by atoms with E-state index < -0.39 is 27.7 Å². The summed E-state index contributed by atoms with van der Waals surface area (Å²) in [5.74, 6) is -1.84. The number of carbonyl (C=O) groups is 2. The van der Waals surface area contributed by atoms with Crippen molar-refractivity contribution < 1.29 is 27.1 Å². The van der Waals surface area contributed by atoms with Gasteiger partial charge in [-0.15, -0.1) is 0 Å². The standard InChI is InChI=1S/C26H24FN3O5S2/c1-3-29(16-18-8-5-4-6-9-18)37(33,34)20-14-12-19(13-15-20)25(32)28-26-30(17-23(31)35-2)24-21(27)10-7-11-22(24)36-26/h4-15H,3,16-17H2,1-2H3. The van der Waals surface area contributed by atoms with Crippen molar-refractivity contribution in [2.24, 2.45) is 4.99 Å². The molecule has 11 heteroatoms. The van der Waals surface area contributed by atoms with Crippen LogP contribution < -0.4 is 4.80 Å². The van der Waals surface area contributed by atoms with Gasteiger partial charge in [-0.2, -0.15) is 9.30 Å². The number of fused-ring (bicyclic) bond motifs is 1. The van der Waals surface area contributed by atoms with Gasteiger partial charge in [0.05, 0.1) is 22.2 Å². The highest BCUT2D eigenvalue weighted by Crippen LogP contribution is 2.22. The molecule has 0 atom stereocenters. The zero-order chi connectivity index (χ0) is 26.6. The van der Waals surface area contributed by atoms with Crippen LogP contribution in [0, 0.1) is 5.82 Å². The zero-order valence-corrected chi connectivity index (χ0v) is 21.8. The van der Waals surface area contributed by atoms with E-state index in [1.165, 1.54) is 52.4 Å². The number of thiazole rings is 1. The average Bonchev–Trinajstić information content (AvgIpc) is 3.25. The number of hydrogen-bond donors (Lipinski definition) is 0. The summed E-state index contributed by atoms with van der Waals surface area (Å²) in [6, 6.07) is 19.2. The first-order valence-electron chi connectivity index (χ1n) is 11.3. The predicted molar refractivity (Wildman–Crippen MR) is 138 cm³/mol. The summed E-state index contributed by atoms with van der Waals surface area (Å²) in [5.41, 5.74) is 1.15. The van der Waals surface area contributed by atoms with Crippen LogP contribution in [-0.4, -0.2) is 42.8 Å². The van der Waals surface area contributed by atoms with E-state index in [1.807, 2.05) is 30.3 Å². The summed E-state index contributed by atoms with van der Waals surface area (Å²) in [4.78, 5) is 29.1. The Morgan fingerprint density at radius 1 is 1.03 bits per heavy atom. The Kier molecular flexibility index (Phi) is 7.96. The second-order valence-corrected chi connectivity index (χ2v) is 10.9. The van der Waals surface area contributed by atoms with Crippen LogP contribution in [0.15, 0.2) is 82.7 Å². The topological polar surface area (TPSA) is 98.0 Å². The van der Waals surface area contributed by atoms with Crippen LogP contribution in [0.5, 0.6) is 0 Å². The molecule has 192 valence electrons. The van der Waals surface area contributed by atoms with Crippen molar-refractivity contribution in [3.05, 3.63) is 94.5 Å². The number of para-hydroxylation sites is 1. The number of ether oxygens (including phenoxy) is 1. The van der Waals surface area contributed by atoms with E-state index in [0.29, 0.717) is 4.70 Å². The molecule has 4 aromatic rings. The van der Waals surface area contributed by atoms with Crippen molar-refractivity contribution in [3.8, 4) is 0 Å². The van der Waals surface area contributed by atoms with Gasteiger partial charge in [-0.05, 0) is 42.0 Å². The lowest BCUT2D eigenvalue weighted by atomic mass is 10.2. The van der Waals surface area contributed by atoms with Gasteiger partial charge in [0.1, 0.15) is 12.4 Å². The number of aromatic nitrogens is 1. The highest BCUT2D eigenvalue weighted by Gasteiger charge is 2.23. The van der Waals surface area contributed by atoms with Gasteiger partial charge in [0, 0.05) is 18.7 Å². The van der Waals surface area contributed by atoms with Gasteiger partial charge in [-0.3, -0.25) is 9.59 Å². The molecule has 1 heterocycles. The maximum Gasteiger partial charge on any atom is 0.325 e. The summed E-state index contributed by atoms with van der Waals surface area (Å²) in [7, 11) is -2.59. The molecule has 3 aromatic carbocycles. The molecular formula is C26H24FN3O5S2. The van der Waals surface area contributed by atoms with E-state index in [9.17, 15) is 22.4 Å². The number of benzene rings is 3. The van der Waals surface area contributed by atoms with E-state index in [2.05, 4.69) is 4.99 Å². The predicted octanol–water partition coefficient (Wildman–Crippen LogP) is 3.97. The molecule has 0 saturated carbocycles. The molecule has 0 bridgehead atoms. The number of sulfonamides is 1. The largest absolute Gasteiger partial charge is 0.468 e. The Morgan fingerprint density at radius 2 is 1.73 bits per heavy atom. The lowest BCUT2D eigenvalue weighted by Crippen LogP contribution is -2.30. The third-order valence-electron chi connectivity index (χ3n) is 5.66. The number of amides is 1. The molecule has 1 aromatic heterocycles. The SMILES string of the molecule is CCN(Cc1ccccc1)S(=O)(=O)c1ccc(C(=O)N=c2sc3cccc(F)c3n2CC(=O)OC)cc1. The van der Waals surface area contributed by atoms with Crippen molar-refractivity contribution in [1.82, 2.24) is 8.87 Å². The normalized spacial score (nSPS) is 12.3. The number of methoxy groups -OCH3 is 1. The fourth-order valence-corrected chi connectivity index (χ4v) is 6.22. The number of hydrogen-bond acceptors (Lipinski definition) is 6. The van der Waals surface area contributed by atoms with Gasteiger partial charge in [-0.1, -0.05) is 54.7 Å². The number of halogens is 1. The molecule has 0 saturated heterocycles. The Bertz CT molecular complexity index is 1610. The van der Waals surface area contributed by atoms with E-state index in [1.54, 1.807) is 13.0 Å². The van der Waals surface area contributed by atoms with Crippen LogP contribution in [0.4, 0.5) is 4.39 Å². The van der Waals surface area contributed by atoms with Gasteiger partial charge in [-0.25, -0.2) is 12.8 Å². The van der Waals surface area contributed by atoms with E-state index in [-0.39, 0.29) is 40.4 Å². The van der Waals surface area contributed by atoms with Gasteiger partial charge in [0.2, 0.25) is 10.0 Å². The molecule has 0 aliphatic carbocycles. The molecule has 0 unspecified atom stereocenters. The lowest BCUT2D eigenvalue weighted by molar-refractivity contribution is -0.141. The van der Waals surface area contributed by atoms with Gasteiger partial charge >= 0.3 is 5.97 Å². The number of carbonyl (C=O) groups excluding carboxylic acids is 2. The van der Waals surface area contributed by atoms with E-state index in [0.717, 1.165) is 16.9 Å². The summed E-state index contributed by atoms with van der Waals surface area (Å²) < 4.78 is 48.7. The molecule has 8 nitrogen and oxygen atoms in total. The highest BCUT2D eigenvalue weighted by atomic mass is 32.2. The molecule has 0 aliphatic heterocycles. The smallest absolute Gasteiger partial charge is 0.325 e. The van der Waals surface area contributed by atoms with Crippen LogP contribution >= 0.6 is 11.3 Å². The summed E-state index contributed by atoms with van der Waals surface area (Å²) in [6.07, 6.45) is 0. The van der Waals surface area contributed by atoms with E-state index in [4.69, 9.17) is 4.74 Å². The average molecular weight is 542 g/mol. The summed E-state index contributed by atoms with van der Waals surface area (Å²) in [6.45, 7) is 1.93. The van der Waals surface area contributed by atoms with Crippen molar-refractivity contribution in [2.45, 2.75) is 24.9 Å². The second-order valence-electron chi connectivity index (χ2n) is 7.99. The minimum absolute atomic E-state index is 0.0477. The first-order chi connectivity index (χ1) is 17.7. The molecule has 0 spiro atoms. The molecule has 0 fully saturated rings. The lowest BCUT2D eigenvalue weighted by Gasteiger charge is -2.20. The van der Waals surface area contributed by atoms with Crippen LogP contribution in [0.2, 0.25) is 0 Å². The Morgan fingerprint density at radius 3 is 2.38 bits per heavy atom. The van der Waals surface area contributed by atoms with Crippen molar-refractivity contribution >= 4 is 43.5 Å². The Hall–Kier alpha value is -3.67. The van der Waals surface area contributed by atoms with Crippen LogP contribution in [0.1, 0.15) is 22.8 Å². The highest BCUT2D eigenvalue weighted by molar-refractivity contribution is 7.89. The molecule has 37 heavy (non-hydrogen) atoms. The van der Waals surface area contributed by atoms with Crippen LogP contribution in [0.3, 0.4) is 0 Å². The zero-order valence-electron chi connectivity index (χ0n) is 20.1. The van der Waals surface area contributed by atoms with Gasteiger partial charge in [0.25, 0.3) is 5.91 Å².